The summed E-state index contributed by atoms with van der Waals surface area (Å²) in [5.41, 5.74) is 5.38. The Kier molecular flexibility index (Phi) is 44.9. The normalized spacial score (nSPS) is 14.8. The number of phosphoric ester groups is 1. The first-order chi connectivity index (χ1) is 29.9. The molecule has 3 atom stereocenters. The van der Waals surface area contributed by atoms with E-state index in [0.29, 0.717) is 6.42 Å². The summed E-state index contributed by atoms with van der Waals surface area (Å²) < 4.78 is 22.2. The van der Waals surface area contributed by atoms with Crippen molar-refractivity contribution in [2.75, 3.05) is 19.8 Å². The molecule has 0 rings (SSSR count). The van der Waals surface area contributed by atoms with Crippen LogP contribution < -0.4 is 11.1 Å². The summed E-state index contributed by atoms with van der Waals surface area (Å²) >= 11 is 0. The van der Waals surface area contributed by atoms with Gasteiger partial charge in [-0.2, -0.15) is 0 Å². The number of carbonyl (C=O) groups is 1. The summed E-state index contributed by atoms with van der Waals surface area (Å²) in [7, 11) is -4.37. The highest BCUT2D eigenvalue weighted by molar-refractivity contribution is 7.47. The van der Waals surface area contributed by atoms with Gasteiger partial charge in [-0.05, 0) is 89.9 Å². The molecule has 0 aromatic carbocycles. The zero-order chi connectivity index (χ0) is 44.6. The highest BCUT2D eigenvalue weighted by Crippen LogP contribution is 2.43. The van der Waals surface area contributed by atoms with Gasteiger partial charge in [0.15, 0.2) is 0 Å². The number of amides is 1. The number of nitrogens with one attached hydrogen (secondary N) is 1. The van der Waals surface area contributed by atoms with E-state index < -0.39 is 20.0 Å². The van der Waals surface area contributed by atoms with E-state index in [-0.39, 0.29) is 25.7 Å². The van der Waals surface area contributed by atoms with Gasteiger partial charge in [0.25, 0.3) is 0 Å². The number of carbonyl (C=O) groups excluding carboxylic acids is 1. The SMILES string of the molecule is CC/C=C\C/C=C\C/C=C\C/C=C\C/C=C\CCCCCCCC(=O)NC(COP(=O)(O)OCCN)C(O)/C=C/CC/C=C/CC/C=C/CCCCCCCCCCCCC. The van der Waals surface area contributed by atoms with E-state index in [1.54, 1.807) is 6.08 Å². The first-order valence-corrected chi connectivity index (χ1v) is 25.9. The lowest BCUT2D eigenvalue weighted by Crippen LogP contribution is -2.45. The summed E-state index contributed by atoms with van der Waals surface area (Å²) in [6.07, 6.45) is 64.7. The van der Waals surface area contributed by atoms with Crippen molar-refractivity contribution in [3.63, 3.8) is 0 Å². The summed E-state index contributed by atoms with van der Waals surface area (Å²) in [6.45, 7) is 3.97. The fourth-order valence-corrected chi connectivity index (χ4v) is 7.24. The number of aliphatic hydroxyl groups excluding tert-OH is 1. The molecule has 350 valence electrons. The van der Waals surface area contributed by atoms with Crippen LogP contribution in [0.5, 0.6) is 0 Å². The monoisotopic (exact) mass is 871 g/mol. The number of unbranched alkanes of at least 4 members (excludes halogenated alkanes) is 18. The lowest BCUT2D eigenvalue weighted by molar-refractivity contribution is -0.123. The van der Waals surface area contributed by atoms with Gasteiger partial charge in [-0.1, -0.05) is 195 Å². The highest BCUT2D eigenvalue weighted by atomic mass is 31.2. The highest BCUT2D eigenvalue weighted by Gasteiger charge is 2.26. The molecule has 3 unspecified atom stereocenters. The van der Waals surface area contributed by atoms with E-state index >= 15 is 0 Å². The molecule has 0 spiro atoms. The van der Waals surface area contributed by atoms with Crippen LogP contribution in [0.25, 0.3) is 0 Å². The molecule has 1 amide bonds. The molecule has 0 aliphatic carbocycles. The predicted octanol–water partition coefficient (Wildman–Crippen LogP) is 14.3. The van der Waals surface area contributed by atoms with Crippen LogP contribution in [0.1, 0.15) is 194 Å². The van der Waals surface area contributed by atoms with E-state index in [2.05, 4.69) is 104 Å². The Morgan fingerprint density at radius 3 is 1.46 bits per heavy atom. The average molecular weight is 871 g/mol. The number of rotatable bonds is 44. The maximum Gasteiger partial charge on any atom is 0.472 e. The molecule has 0 aliphatic rings. The van der Waals surface area contributed by atoms with Crippen molar-refractivity contribution in [2.24, 2.45) is 5.73 Å². The van der Waals surface area contributed by atoms with Crippen molar-refractivity contribution in [3.8, 4) is 0 Å². The van der Waals surface area contributed by atoms with Crippen LogP contribution in [-0.2, 0) is 18.4 Å². The zero-order valence-electron chi connectivity index (χ0n) is 38.9. The van der Waals surface area contributed by atoms with Crippen LogP contribution in [0.15, 0.2) is 97.2 Å². The summed E-state index contributed by atoms with van der Waals surface area (Å²) in [4.78, 5) is 22.8. The van der Waals surface area contributed by atoms with E-state index in [1.807, 2.05) is 6.08 Å². The first-order valence-electron chi connectivity index (χ1n) is 24.4. The van der Waals surface area contributed by atoms with Gasteiger partial charge in [0.05, 0.1) is 25.4 Å². The minimum Gasteiger partial charge on any atom is -0.387 e. The average Bonchev–Trinajstić information content (AvgIpc) is 3.25. The molecule has 0 aromatic rings. The molecule has 0 aliphatic heterocycles. The molecular weight excluding hydrogens is 780 g/mol. The zero-order valence-corrected chi connectivity index (χ0v) is 39.8. The molecule has 61 heavy (non-hydrogen) atoms. The molecule has 9 heteroatoms. The summed E-state index contributed by atoms with van der Waals surface area (Å²) in [6, 6.07) is -0.901. The molecule has 0 radical (unpaired) electrons. The van der Waals surface area contributed by atoms with Crippen molar-refractivity contribution in [1.29, 1.82) is 0 Å². The Labute approximate surface area is 374 Å². The third-order valence-corrected chi connectivity index (χ3v) is 11.1. The lowest BCUT2D eigenvalue weighted by Gasteiger charge is -2.23. The van der Waals surface area contributed by atoms with Gasteiger partial charge in [-0.15, -0.1) is 0 Å². The number of aliphatic hydroxyl groups is 1. The molecule has 0 fully saturated rings. The minimum atomic E-state index is -4.37. The summed E-state index contributed by atoms with van der Waals surface area (Å²) in [5, 5.41) is 13.7. The van der Waals surface area contributed by atoms with Crippen molar-refractivity contribution < 1.29 is 28.4 Å². The smallest absolute Gasteiger partial charge is 0.387 e. The fraction of sp³-hybridized carbons (Fsp3) is 0.673. The fourth-order valence-electron chi connectivity index (χ4n) is 6.48. The number of allylic oxidation sites excluding steroid dienone is 15. The molecule has 8 nitrogen and oxygen atoms in total. The van der Waals surface area contributed by atoms with E-state index in [9.17, 15) is 19.4 Å². The van der Waals surface area contributed by atoms with Crippen LogP contribution in [-0.4, -0.2) is 47.8 Å². The van der Waals surface area contributed by atoms with Crippen molar-refractivity contribution in [1.82, 2.24) is 5.32 Å². The van der Waals surface area contributed by atoms with Crippen LogP contribution >= 0.6 is 7.82 Å². The van der Waals surface area contributed by atoms with Crippen molar-refractivity contribution in [2.45, 2.75) is 206 Å². The second kappa shape index (κ2) is 46.9. The largest absolute Gasteiger partial charge is 0.472 e. The third-order valence-electron chi connectivity index (χ3n) is 10.1. The lowest BCUT2D eigenvalue weighted by atomic mass is 10.1. The van der Waals surface area contributed by atoms with Crippen LogP contribution in [0.3, 0.4) is 0 Å². The Morgan fingerprint density at radius 2 is 0.967 bits per heavy atom. The van der Waals surface area contributed by atoms with E-state index in [1.165, 1.54) is 77.0 Å². The predicted molar refractivity (Wildman–Crippen MR) is 262 cm³/mol. The number of hydrogen-bond acceptors (Lipinski definition) is 6. The van der Waals surface area contributed by atoms with E-state index in [0.717, 1.165) is 96.3 Å². The van der Waals surface area contributed by atoms with Gasteiger partial charge in [0, 0.05) is 13.0 Å². The Bertz CT molecular complexity index is 1270. The van der Waals surface area contributed by atoms with Crippen LogP contribution in [0.2, 0.25) is 0 Å². The first kappa shape index (κ1) is 58.4. The minimum absolute atomic E-state index is 0.0629. The van der Waals surface area contributed by atoms with Crippen molar-refractivity contribution in [3.05, 3.63) is 97.2 Å². The molecule has 0 heterocycles. The van der Waals surface area contributed by atoms with Crippen LogP contribution in [0.4, 0.5) is 0 Å². The standard InChI is InChI=1S/C52H91N2O6P/c1-3-5-7-9-11-13-15-17-19-21-23-25-27-29-31-33-35-37-39-41-43-45-51(55)50(49-60-61(57,58)59-48-47-53)54-52(56)46-44-42-40-38-36-34-32-30-28-26-24-22-20-18-16-14-12-10-8-6-4-2/h6,8,12,14,18,20,24,26-27,29-30,32,35,37,43,45,50-51,55H,3-5,7,9-11,13,15-17,19,21-23,25,28,31,33-34,36,38-42,44,46-49,53H2,1-2H3,(H,54,56)(H,57,58)/b8-6-,14-12-,20-18-,26-24-,29-27+,32-30-,37-35+,45-43+. The quantitative estimate of drug-likeness (QED) is 0.0272. The van der Waals surface area contributed by atoms with Gasteiger partial charge in [0.2, 0.25) is 5.91 Å². The maximum absolute atomic E-state index is 12.8. The van der Waals surface area contributed by atoms with Crippen LogP contribution in [0, 0.1) is 0 Å². The summed E-state index contributed by atoms with van der Waals surface area (Å²) in [5.74, 6) is -0.230. The Morgan fingerprint density at radius 1 is 0.557 bits per heavy atom. The van der Waals surface area contributed by atoms with E-state index in [4.69, 9.17) is 14.8 Å². The topological polar surface area (TPSA) is 131 Å². The third kappa shape index (κ3) is 45.3. The second-order valence-corrected chi connectivity index (χ2v) is 17.4. The molecule has 0 saturated carbocycles. The number of nitrogens with two attached hydrogens (primary N) is 1. The molecule has 0 aromatic heterocycles. The number of hydrogen-bond donors (Lipinski definition) is 4. The number of phosphoric acid groups is 1. The van der Waals surface area contributed by atoms with Gasteiger partial charge < -0.3 is 21.1 Å². The van der Waals surface area contributed by atoms with Gasteiger partial charge >= 0.3 is 7.82 Å². The molecule has 0 bridgehead atoms. The Balaban J connectivity index is 4.29. The molecular formula is C52H91N2O6P. The molecule has 0 saturated heterocycles. The van der Waals surface area contributed by atoms with Gasteiger partial charge in [-0.25, -0.2) is 4.57 Å². The maximum atomic E-state index is 12.8. The van der Waals surface area contributed by atoms with Gasteiger partial charge in [0.1, 0.15) is 0 Å². The van der Waals surface area contributed by atoms with Crippen molar-refractivity contribution >= 4 is 13.7 Å². The molecule has 5 N–H and O–H groups in total. The second-order valence-electron chi connectivity index (χ2n) is 15.9. The Hall–Kier alpha value is -2.58. The van der Waals surface area contributed by atoms with Gasteiger partial charge in [-0.3, -0.25) is 13.8 Å².